The van der Waals surface area contributed by atoms with E-state index >= 15 is 0 Å². The first-order chi connectivity index (χ1) is 6.72. The number of aromatic nitrogens is 1. The van der Waals surface area contributed by atoms with Crippen molar-refractivity contribution in [2.75, 3.05) is 12.8 Å². The number of nitrogens with two attached hydrogens (primary N) is 1. The molecular weight excluding hydrogens is 196 g/mol. The van der Waals surface area contributed by atoms with E-state index in [1.54, 1.807) is 0 Å². The lowest BCUT2D eigenvalue weighted by Gasteiger charge is -2.02. The van der Waals surface area contributed by atoms with E-state index in [9.17, 15) is 0 Å². The zero-order chi connectivity index (χ0) is 11.8. The predicted molar refractivity (Wildman–Crippen MR) is 42.9 cm³/mol. The maximum atomic E-state index is 7.39. The molecule has 1 heterocycles. The van der Waals surface area contributed by atoms with E-state index < -0.39 is 19.3 Å². The monoisotopic (exact) mass is 207 g/mol. The molecule has 0 radical (unpaired) electrons. The second-order valence-corrected chi connectivity index (χ2v) is 2.24. The lowest BCUT2D eigenvalue weighted by atomic mass is 10.4. The topological polar surface area (TPSA) is 48.1 Å². The van der Waals surface area contributed by atoms with E-state index in [0.29, 0.717) is 0 Å². The Kier molecular flexibility index (Phi) is 0.888. The second kappa shape index (κ2) is 2.88. The Hall–Kier alpha value is -0.770. The van der Waals surface area contributed by atoms with Crippen LogP contribution in [0.4, 0.5) is 5.69 Å². The van der Waals surface area contributed by atoms with Gasteiger partial charge in [-0.15, -0.1) is 0 Å². The maximum absolute atomic E-state index is 7.39. The minimum atomic E-state index is -2.71. The summed E-state index contributed by atoms with van der Waals surface area (Å²) in [5.74, 6) is -0.359. The van der Waals surface area contributed by atoms with Crippen LogP contribution in [0, 0.1) is 0 Å². The summed E-state index contributed by atoms with van der Waals surface area (Å²) in [5.41, 5.74) is 5.37. The van der Waals surface area contributed by atoms with Crippen LogP contribution in [-0.2, 0) is 0 Å². The normalized spacial score (nSPS) is 17.9. The quantitative estimate of drug-likeness (QED) is 0.710. The molecule has 0 bridgehead atoms. The molecule has 0 aliphatic rings. The fourth-order valence-corrected chi connectivity index (χ4v) is 0.698. The summed E-state index contributed by atoms with van der Waals surface area (Å²) in [6.07, 6.45) is -0.407. The highest BCUT2D eigenvalue weighted by molar-refractivity contribution is 9.10. The van der Waals surface area contributed by atoms with Crippen LogP contribution >= 0.6 is 15.9 Å². The molecule has 4 heteroatoms. The van der Waals surface area contributed by atoms with E-state index in [1.807, 2.05) is 0 Å². The van der Waals surface area contributed by atoms with Gasteiger partial charge in [-0.3, -0.25) is 0 Å². The molecular formula is C6H7BrN2O. The van der Waals surface area contributed by atoms with Gasteiger partial charge in [-0.1, -0.05) is 0 Å². The van der Waals surface area contributed by atoms with Crippen molar-refractivity contribution in [3.63, 3.8) is 0 Å². The first-order valence-electron chi connectivity index (χ1n) is 4.83. The van der Waals surface area contributed by atoms with Crippen LogP contribution < -0.4 is 10.5 Å². The number of pyridine rings is 1. The summed E-state index contributed by atoms with van der Waals surface area (Å²) in [5, 5.41) is 0. The van der Waals surface area contributed by atoms with Crippen molar-refractivity contribution in [3.05, 3.63) is 16.8 Å². The number of anilines is 1. The molecule has 0 spiro atoms. The number of hydrogen-bond acceptors (Lipinski definition) is 3. The maximum Gasteiger partial charge on any atom is 0.146 e. The Balaban J connectivity index is 3.27. The first kappa shape index (κ1) is 3.09. The fraction of sp³-hybridized carbons (Fsp3) is 0.167. The van der Waals surface area contributed by atoms with Gasteiger partial charge in [0.25, 0.3) is 0 Å². The van der Waals surface area contributed by atoms with Crippen LogP contribution in [0.1, 0.15) is 6.85 Å². The molecule has 10 heavy (non-hydrogen) atoms. The Morgan fingerprint density at radius 1 is 2.00 bits per heavy atom. The van der Waals surface area contributed by atoms with Crippen LogP contribution in [0.3, 0.4) is 0 Å². The number of rotatable bonds is 1. The van der Waals surface area contributed by atoms with E-state index in [0.717, 1.165) is 0 Å². The van der Waals surface area contributed by atoms with Crippen molar-refractivity contribution in [1.82, 2.24) is 4.98 Å². The SMILES string of the molecule is [2H]c1nc(Br)c(N)c(OC([2H])([2H])[2H])c1[2H]. The molecule has 54 valence electrons. The number of methoxy groups -OCH3 is 1. The van der Waals surface area contributed by atoms with Crippen LogP contribution in [0.5, 0.6) is 5.75 Å². The van der Waals surface area contributed by atoms with Crippen molar-refractivity contribution in [2.45, 2.75) is 0 Å². The van der Waals surface area contributed by atoms with Crippen LogP contribution in [0.25, 0.3) is 0 Å². The number of nitrogen functional groups attached to an aromatic ring is 1. The van der Waals surface area contributed by atoms with Gasteiger partial charge in [0.15, 0.2) is 0 Å². The largest absolute Gasteiger partial charge is 0.494 e. The van der Waals surface area contributed by atoms with Gasteiger partial charge < -0.3 is 10.5 Å². The van der Waals surface area contributed by atoms with Gasteiger partial charge in [0.2, 0.25) is 0 Å². The first-order valence-corrected chi connectivity index (χ1v) is 3.13. The van der Waals surface area contributed by atoms with Crippen molar-refractivity contribution in [3.8, 4) is 5.75 Å². The predicted octanol–water partition coefficient (Wildman–Crippen LogP) is 1.43. The summed E-state index contributed by atoms with van der Waals surface area (Å²) in [6.45, 7) is 0. The third-order valence-electron chi connectivity index (χ3n) is 0.892. The van der Waals surface area contributed by atoms with Crippen molar-refractivity contribution >= 4 is 21.6 Å². The average Bonchev–Trinajstić information content (AvgIpc) is 2.08. The second-order valence-electron chi connectivity index (χ2n) is 1.48. The molecule has 0 amide bonds. The summed E-state index contributed by atoms with van der Waals surface area (Å²) >= 11 is 2.94. The third-order valence-corrected chi connectivity index (χ3v) is 1.50. The highest BCUT2D eigenvalue weighted by atomic mass is 79.9. The molecule has 0 saturated heterocycles. The lowest BCUT2D eigenvalue weighted by Crippen LogP contribution is -1.94. The molecule has 0 fully saturated rings. The lowest BCUT2D eigenvalue weighted by molar-refractivity contribution is 0.416. The zero-order valence-electron chi connectivity index (χ0n) is 9.81. The average molecular weight is 208 g/mol. The highest BCUT2D eigenvalue weighted by Crippen LogP contribution is 2.26. The summed E-state index contributed by atoms with van der Waals surface area (Å²) in [4.78, 5) is 3.57. The number of hydrogen-bond donors (Lipinski definition) is 1. The van der Waals surface area contributed by atoms with Gasteiger partial charge in [0.1, 0.15) is 16.0 Å². The van der Waals surface area contributed by atoms with Gasteiger partial charge in [0, 0.05) is 12.2 Å². The van der Waals surface area contributed by atoms with Crippen molar-refractivity contribution < 1.29 is 11.6 Å². The third kappa shape index (κ3) is 1.21. The Morgan fingerprint density at radius 3 is 3.50 bits per heavy atom. The molecule has 0 saturated carbocycles. The van der Waals surface area contributed by atoms with Crippen molar-refractivity contribution in [1.29, 1.82) is 0 Å². The summed E-state index contributed by atoms with van der Waals surface area (Å²) in [6, 6.07) is -0.452. The molecule has 0 aromatic carbocycles. The highest BCUT2D eigenvalue weighted by Gasteiger charge is 2.01. The van der Waals surface area contributed by atoms with E-state index in [-0.39, 0.29) is 16.0 Å². The fourth-order valence-electron chi connectivity index (χ4n) is 0.430. The zero-order valence-corrected chi connectivity index (χ0v) is 6.40. The Labute approximate surface area is 74.4 Å². The molecule has 1 aromatic heterocycles. The van der Waals surface area contributed by atoms with E-state index in [1.165, 1.54) is 0 Å². The van der Waals surface area contributed by atoms with Crippen LogP contribution in [-0.4, -0.2) is 12.0 Å². The van der Waals surface area contributed by atoms with Gasteiger partial charge >= 0.3 is 0 Å². The van der Waals surface area contributed by atoms with Gasteiger partial charge in [-0.2, -0.15) is 0 Å². The molecule has 3 nitrogen and oxygen atoms in total. The molecule has 0 unspecified atom stereocenters. The number of nitrogens with zero attached hydrogens (tertiary/aromatic N) is 1. The Morgan fingerprint density at radius 2 is 2.80 bits per heavy atom. The van der Waals surface area contributed by atoms with Gasteiger partial charge in [-0.25, -0.2) is 4.98 Å². The number of halogens is 1. The molecule has 1 aromatic rings. The van der Waals surface area contributed by atoms with Gasteiger partial charge in [-0.05, 0) is 15.9 Å². The minimum Gasteiger partial charge on any atom is -0.494 e. The molecule has 1 rings (SSSR count). The molecule has 2 N–H and O–H groups in total. The summed E-state index contributed by atoms with van der Waals surface area (Å²) < 4.78 is 39.9. The standard InChI is InChI=1S/C6H7BrN2O/c1-10-4-2-3-9-6(7)5(4)8/h2-3H,8H2,1H3/i1D3,2D,3D. The van der Waals surface area contributed by atoms with E-state index in [2.05, 4.69) is 25.7 Å². The van der Waals surface area contributed by atoms with Crippen molar-refractivity contribution in [2.24, 2.45) is 0 Å². The molecule has 0 aliphatic heterocycles. The molecule has 0 aliphatic carbocycles. The van der Waals surface area contributed by atoms with Crippen LogP contribution in [0.15, 0.2) is 16.8 Å². The van der Waals surface area contributed by atoms with Crippen LogP contribution in [0.2, 0.25) is 0 Å². The minimum absolute atomic E-state index is 0.0859. The molecule has 0 atom stereocenters. The smallest absolute Gasteiger partial charge is 0.146 e. The van der Waals surface area contributed by atoms with Gasteiger partial charge in [0.05, 0.1) is 13.9 Å². The van der Waals surface area contributed by atoms with E-state index in [4.69, 9.17) is 12.6 Å². The summed E-state index contributed by atoms with van der Waals surface area (Å²) in [7, 11) is -2.71. The number of ether oxygens (including phenoxy) is 1. The Bertz CT molecular complexity index is 368.